The van der Waals surface area contributed by atoms with Crippen molar-refractivity contribution in [3.63, 3.8) is 0 Å². The van der Waals surface area contributed by atoms with Gasteiger partial charge in [-0.3, -0.25) is 0 Å². The fourth-order valence-electron chi connectivity index (χ4n) is 0.916. The first-order valence-corrected chi connectivity index (χ1v) is 4.51. The Morgan fingerprint density at radius 3 is 2.86 bits per heavy atom. The van der Waals surface area contributed by atoms with Crippen molar-refractivity contribution in [3.8, 4) is 5.75 Å². The molecule has 0 saturated heterocycles. The van der Waals surface area contributed by atoms with E-state index in [1.165, 1.54) is 6.07 Å². The van der Waals surface area contributed by atoms with Gasteiger partial charge in [-0.25, -0.2) is 4.39 Å². The number of rotatable bonds is 4. The zero-order valence-electron chi connectivity index (χ0n) is 7.46. The topological polar surface area (TPSA) is 55.5 Å². The highest BCUT2D eigenvalue weighted by Gasteiger charge is 2.06. The Kier molecular flexibility index (Phi) is 3.98. The average Bonchev–Trinajstić information content (AvgIpc) is 2.14. The van der Waals surface area contributed by atoms with Gasteiger partial charge >= 0.3 is 0 Å². The lowest BCUT2D eigenvalue weighted by Gasteiger charge is -2.08. The molecule has 0 fully saturated rings. The van der Waals surface area contributed by atoms with Gasteiger partial charge in [0, 0.05) is 25.2 Å². The number of ether oxygens (including phenoxy) is 1. The van der Waals surface area contributed by atoms with Crippen molar-refractivity contribution in [2.24, 2.45) is 0 Å². The second-order valence-corrected chi connectivity index (χ2v) is 3.14. The van der Waals surface area contributed by atoms with Crippen LogP contribution in [0.1, 0.15) is 6.42 Å². The van der Waals surface area contributed by atoms with Crippen molar-refractivity contribution in [2.75, 3.05) is 18.9 Å². The summed E-state index contributed by atoms with van der Waals surface area (Å²) < 4.78 is 18.0. The number of aliphatic hydroxyl groups excluding tert-OH is 1. The highest BCUT2D eigenvalue weighted by Crippen LogP contribution is 2.28. The highest BCUT2D eigenvalue weighted by molar-refractivity contribution is 6.31. The summed E-state index contributed by atoms with van der Waals surface area (Å²) in [7, 11) is 0. The number of nitrogen functional groups attached to an aromatic ring is 1. The molecule has 0 saturated carbocycles. The predicted molar refractivity (Wildman–Crippen MR) is 53.0 cm³/mol. The van der Waals surface area contributed by atoms with Crippen LogP contribution in [0.2, 0.25) is 5.02 Å². The van der Waals surface area contributed by atoms with Crippen LogP contribution >= 0.6 is 11.6 Å². The van der Waals surface area contributed by atoms with Crippen LogP contribution in [0.4, 0.5) is 10.1 Å². The lowest BCUT2D eigenvalue weighted by molar-refractivity contribution is 0.234. The van der Waals surface area contributed by atoms with Crippen LogP contribution < -0.4 is 10.5 Å². The van der Waals surface area contributed by atoms with Crippen LogP contribution in [-0.4, -0.2) is 18.3 Å². The fourth-order valence-corrected chi connectivity index (χ4v) is 1.07. The summed E-state index contributed by atoms with van der Waals surface area (Å²) in [6, 6.07) is 2.43. The molecule has 0 radical (unpaired) electrons. The smallest absolute Gasteiger partial charge is 0.144 e. The first-order chi connectivity index (χ1) is 6.65. The van der Waals surface area contributed by atoms with E-state index in [1.807, 2.05) is 0 Å². The van der Waals surface area contributed by atoms with Gasteiger partial charge in [0.2, 0.25) is 0 Å². The number of nitrogens with two attached hydrogens (primary N) is 1. The van der Waals surface area contributed by atoms with Crippen LogP contribution in [0.3, 0.4) is 0 Å². The van der Waals surface area contributed by atoms with E-state index < -0.39 is 5.82 Å². The van der Waals surface area contributed by atoms with Crippen LogP contribution in [0.15, 0.2) is 12.1 Å². The second kappa shape index (κ2) is 5.02. The van der Waals surface area contributed by atoms with E-state index in [4.69, 9.17) is 27.2 Å². The van der Waals surface area contributed by atoms with Crippen molar-refractivity contribution < 1.29 is 14.2 Å². The molecule has 0 aliphatic heterocycles. The number of benzene rings is 1. The summed E-state index contributed by atoms with van der Waals surface area (Å²) in [6.07, 6.45) is 0.494. The molecule has 1 aromatic rings. The molecule has 0 aliphatic rings. The minimum absolute atomic E-state index is 0.0294. The Morgan fingerprint density at radius 1 is 1.50 bits per heavy atom. The summed E-state index contributed by atoms with van der Waals surface area (Å²) in [6.45, 7) is 0.359. The van der Waals surface area contributed by atoms with E-state index in [2.05, 4.69) is 0 Å². The molecule has 0 aromatic heterocycles. The molecule has 0 aliphatic carbocycles. The van der Waals surface area contributed by atoms with Gasteiger partial charge < -0.3 is 15.6 Å². The molecule has 0 amide bonds. The summed E-state index contributed by atoms with van der Waals surface area (Å²) in [5, 5.41) is 8.49. The van der Waals surface area contributed by atoms with Crippen LogP contribution in [0.5, 0.6) is 5.75 Å². The highest BCUT2D eigenvalue weighted by atomic mass is 35.5. The first-order valence-electron chi connectivity index (χ1n) is 4.13. The van der Waals surface area contributed by atoms with Crippen LogP contribution in [0, 0.1) is 5.82 Å². The molecule has 0 atom stereocenters. The lowest BCUT2D eigenvalue weighted by atomic mass is 10.3. The van der Waals surface area contributed by atoms with E-state index in [-0.39, 0.29) is 17.3 Å². The summed E-state index contributed by atoms with van der Waals surface area (Å²) >= 11 is 5.54. The van der Waals surface area contributed by atoms with E-state index in [0.717, 1.165) is 6.07 Å². The van der Waals surface area contributed by atoms with Crippen molar-refractivity contribution in [1.82, 2.24) is 0 Å². The van der Waals surface area contributed by atoms with Gasteiger partial charge in [0.1, 0.15) is 11.6 Å². The molecule has 14 heavy (non-hydrogen) atoms. The van der Waals surface area contributed by atoms with Crippen molar-refractivity contribution in [3.05, 3.63) is 23.0 Å². The molecule has 3 N–H and O–H groups in total. The number of aliphatic hydroxyl groups is 1. The van der Waals surface area contributed by atoms with Crippen LogP contribution in [0.25, 0.3) is 0 Å². The Morgan fingerprint density at radius 2 is 2.21 bits per heavy atom. The maximum absolute atomic E-state index is 12.8. The molecule has 78 valence electrons. The summed E-state index contributed by atoms with van der Waals surface area (Å²) in [4.78, 5) is 0. The predicted octanol–water partition coefficient (Wildman–Crippen LogP) is 1.82. The van der Waals surface area contributed by atoms with Gasteiger partial charge in [-0.1, -0.05) is 11.6 Å². The molecule has 0 unspecified atom stereocenters. The van der Waals surface area contributed by atoms with Gasteiger partial charge in [0.05, 0.1) is 17.3 Å². The number of hydrogen-bond acceptors (Lipinski definition) is 3. The molecule has 3 nitrogen and oxygen atoms in total. The van der Waals surface area contributed by atoms with E-state index in [0.29, 0.717) is 18.8 Å². The van der Waals surface area contributed by atoms with Crippen molar-refractivity contribution >= 4 is 17.3 Å². The van der Waals surface area contributed by atoms with Crippen LogP contribution in [-0.2, 0) is 0 Å². The summed E-state index contributed by atoms with van der Waals surface area (Å²) in [5.74, 6) is -0.233. The van der Waals surface area contributed by atoms with Crippen molar-refractivity contribution in [2.45, 2.75) is 6.42 Å². The number of hydrogen-bond donors (Lipinski definition) is 2. The summed E-state index contributed by atoms with van der Waals surface area (Å²) in [5.41, 5.74) is 5.69. The third-order valence-electron chi connectivity index (χ3n) is 1.61. The van der Waals surface area contributed by atoms with E-state index in [1.54, 1.807) is 0 Å². The molecule has 0 heterocycles. The monoisotopic (exact) mass is 219 g/mol. The number of halogens is 2. The van der Waals surface area contributed by atoms with E-state index >= 15 is 0 Å². The first kappa shape index (κ1) is 11.1. The normalized spacial score (nSPS) is 10.2. The maximum atomic E-state index is 12.8. The van der Waals surface area contributed by atoms with Gasteiger partial charge in [-0.15, -0.1) is 0 Å². The SMILES string of the molecule is Nc1cc(F)c(Cl)cc1OCCCO. The second-order valence-electron chi connectivity index (χ2n) is 2.73. The Bertz CT molecular complexity index is 320. The molecular weight excluding hydrogens is 209 g/mol. The third kappa shape index (κ3) is 2.75. The molecule has 0 spiro atoms. The largest absolute Gasteiger partial charge is 0.491 e. The van der Waals surface area contributed by atoms with Gasteiger partial charge in [0.15, 0.2) is 0 Å². The molecule has 0 bridgehead atoms. The zero-order chi connectivity index (χ0) is 10.6. The zero-order valence-corrected chi connectivity index (χ0v) is 8.22. The maximum Gasteiger partial charge on any atom is 0.144 e. The molecule has 5 heteroatoms. The number of anilines is 1. The minimum atomic E-state index is -0.571. The average molecular weight is 220 g/mol. The quantitative estimate of drug-likeness (QED) is 0.600. The fraction of sp³-hybridized carbons (Fsp3) is 0.333. The van der Waals surface area contributed by atoms with Gasteiger partial charge in [0.25, 0.3) is 0 Å². The standard InChI is InChI=1S/C9H11ClFNO2/c10-6-4-9(14-3-1-2-13)8(12)5-7(6)11/h4-5,13H,1-3,12H2. The Balaban J connectivity index is 2.72. The van der Waals surface area contributed by atoms with Crippen molar-refractivity contribution in [1.29, 1.82) is 0 Å². The molecular formula is C9H11ClFNO2. The molecule has 1 aromatic carbocycles. The van der Waals surface area contributed by atoms with Gasteiger partial charge in [-0.2, -0.15) is 0 Å². The third-order valence-corrected chi connectivity index (χ3v) is 1.90. The Hall–Kier alpha value is -1.00. The molecule has 1 rings (SSSR count). The Labute approximate surface area is 86.2 Å². The lowest BCUT2D eigenvalue weighted by Crippen LogP contribution is -2.02. The minimum Gasteiger partial charge on any atom is -0.491 e. The van der Waals surface area contributed by atoms with Gasteiger partial charge in [-0.05, 0) is 0 Å². The van der Waals surface area contributed by atoms with E-state index in [9.17, 15) is 4.39 Å².